The van der Waals surface area contributed by atoms with Crippen molar-refractivity contribution in [1.29, 1.82) is 0 Å². The molecule has 7 heteroatoms. The van der Waals surface area contributed by atoms with Crippen LogP contribution in [0, 0.1) is 0 Å². The number of phenolic OH excluding ortho intramolecular Hbond substituents is 1. The number of carbonyl (C=O) groups is 1. The molecule has 1 aliphatic rings. The van der Waals surface area contributed by atoms with Crippen molar-refractivity contribution in [3.63, 3.8) is 0 Å². The number of phenols is 1. The Hall–Kier alpha value is -2.80. The number of carbonyl (C=O) groups excluding carboxylic acids is 1. The number of aryl methyl sites for hydroxylation is 1. The second kappa shape index (κ2) is 8.69. The fourth-order valence-corrected chi connectivity index (χ4v) is 4.56. The summed E-state index contributed by atoms with van der Waals surface area (Å²) >= 11 is 1.35. The second-order valence-electron chi connectivity index (χ2n) is 7.05. The molecule has 1 heterocycles. The van der Waals surface area contributed by atoms with E-state index >= 15 is 0 Å². The highest BCUT2D eigenvalue weighted by molar-refractivity contribution is 7.99. The number of anilines is 1. The van der Waals surface area contributed by atoms with Crippen LogP contribution in [0.15, 0.2) is 47.6 Å². The van der Waals surface area contributed by atoms with Crippen molar-refractivity contribution >= 4 is 23.4 Å². The SMILES string of the molecule is CCn1c(SCC(=O)Nc2cccc3c2CCCC3)nnc1-c1ccccc1O. The summed E-state index contributed by atoms with van der Waals surface area (Å²) in [7, 11) is 0. The van der Waals surface area contributed by atoms with Crippen LogP contribution < -0.4 is 5.32 Å². The predicted octanol–water partition coefficient (Wildman–Crippen LogP) is 4.28. The van der Waals surface area contributed by atoms with E-state index in [1.54, 1.807) is 12.1 Å². The maximum Gasteiger partial charge on any atom is 0.234 e. The van der Waals surface area contributed by atoms with Gasteiger partial charge < -0.3 is 15.0 Å². The van der Waals surface area contributed by atoms with Crippen LogP contribution in [0.3, 0.4) is 0 Å². The number of nitrogens with zero attached hydrogens (tertiary/aromatic N) is 3. The predicted molar refractivity (Wildman–Crippen MR) is 115 cm³/mol. The lowest BCUT2D eigenvalue weighted by Gasteiger charge is -2.19. The molecule has 0 unspecified atom stereocenters. The van der Waals surface area contributed by atoms with Gasteiger partial charge in [0.15, 0.2) is 11.0 Å². The molecule has 0 saturated carbocycles. The first-order chi connectivity index (χ1) is 14.2. The number of hydrogen-bond donors (Lipinski definition) is 2. The third-order valence-electron chi connectivity index (χ3n) is 5.18. The van der Waals surface area contributed by atoms with E-state index in [0.29, 0.717) is 23.1 Å². The van der Waals surface area contributed by atoms with Gasteiger partial charge in [0.05, 0.1) is 11.3 Å². The Morgan fingerprint density at radius 3 is 2.79 bits per heavy atom. The van der Waals surface area contributed by atoms with Crippen molar-refractivity contribution in [3.05, 3.63) is 53.6 Å². The first kappa shape index (κ1) is 19.5. The maximum atomic E-state index is 12.6. The first-order valence-electron chi connectivity index (χ1n) is 9.92. The second-order valence-corrected chi connectivity index (χ2v) is 8.00. The highest BCUT2D eigenvalue weighted by atomic mass is 32.2. The number of benzene rings is 2. The van der Waals surface area contributed by atoms with Crippen molar-refractivity contribution < 1.29 is 9.90 Å². The number of para-hydroxylation sites is 1. The number of amides is 1. The Labute approximate surface area is 174 Å². The number of rotatable bonds is 6. The van der Waals surface area contributed by atoms with Gasteiger partial charge in [0.1, 0.15) is 5.75 Å². The summed E-state index contributed by atoms with van der Waals surface area (Å²) in [4.78, 5) is 12.6. The molecule has 0 fully saturated rings. The van der Waals surface area contributed by atoms with E-state index < -0.39 is 0 Å². The van der Waals surface area contributed by atoms with Crippen LogP contribution in [0.2, 0.25) is 0 Å². The van der Waals surface area contributed by atoms with E-state index in [0.717, 1.165) is 18.5 Å². The first-order valence-corrected chi connectivity index (χ1v) is 10.9. The van der Waals surface area contributed by atoms with Gasteiger partial charge in [0, 0.05) is 12.2 Å². The molecular weight excluding hydrogens is 384 g/mol. The van der Waals surface area contributed by atoms with Gasteiger partial charge in [-0.1, -0.05) is 36.0 Å². The standard InChI is InChI=1S/C22H24N4O2S/c1-2-26-21(17-11-5-6-13-19(17)27)24-25-22(26)29-14-20(28)23-18-12-7-9-15-8-3-4-10-16(15)18/h5-7,9,11-13,27H,2-4,8,10,14H2,1H3,(H,23,28). The summed E-state index contributed by atoms with van der Waals surface area (Å²) in [5, 5.41) is 22.3. The highest BCUT2D eigenvalue weighted by Crippen LogP contribution is 2.31. The summed E-state index contributed by atoms with van der Waals surface area (Å²) in [6.07, 6.45) is 4.49. The fraction of sp³-hybridized carbons (Fsp3) is 0.318. The molecule has 0 aliphatic heterocycles. The van der Waals surface area contributed by atoms with Gasteiger partial charge in [-0.25, -0.2) is 0 Å². The molecule has 0 spiro atoms. The van der Waals surface area contributed by atoms with Crippen molar-refractivity contribution in [2.24, 2.45) is 0 Å². The smallest absolute Gasteiger partial charge is 0.234 e. The summed E-state index contributed by atoms with van der Waals surface area (Å²) in [5.41, 5.74) is 4.18. The molecule has 6 nitrogen and oxygen atoms in total. The van der Waals surface area contributed by atoms with E-state index in [-0.39, 0.29) is 17.4 Å². The van der Waals surface area contributed by atoms with Gasteiger partial charge in [0.25, 0.3) is 0 Å². The fourth-order valence-electron chi connectivity index (χ4n) is 3.76. The minimum Gasteiger partial charge on any atom is -0.507 e. The molecule has 2 aromatic carbocycles. The van der Waals surface area contributed by atoms with Crippen molar-refractivity contribution in [1.82, 2.24) is 14.8 Å². The van der Waals surface area contributed by atoms with Gasteiger partial charge in [-0.05, 0) is 61.9 Å². The van der Waals surface area contributed by atoms with E-state index in [1.807, 2.05) is 35.8 Å². The molecule has 0 atom stereocenters. The van der Waals surface area contributed by atoms with Crippen LogP contribution >= 0.6 is 11.8 Å². The maximum absolute atomic E-state index is 12.6. The topological polar surface area (TPSA) is 80.0 Å². The normalized spacial score (nSPS) is 13.1. The molecule has 3 aromatic rings. The Morgan fingerprint density at radius 2 is 1.97 bits per heavy atom. The van der Waals surface area contributed by atoms with E-state index in [9.17, 15) is 9.90 Å². The molecule has 150 valence electrons. The molecule has 2 N–H and O–H groups in total. The Bertz CT molecular complexity index is 1030. The van der Waals surface area contributed by atoms with E-state index in [4.69, 9.17) is 0 Å². The quantitative estimate of drug-likeness (QED) is 0.595. The molecular formula is C22H24N4O2S. The molecule has 0 saturated heterocycles. The molecule has 1 amide bonds. The molecule has 29 heavy (non-hydrogen) atoms. The van der Waals surface area contributed by atoms with Crippen LogP contribution in [0.25, 0.3) is 11.4 Å². The van der Waals surface area contributed by atoms with Gasteiger partial charge in [-0.3, -0.25) is 4.79 Å². The third kappa shape index (κ3) is 4.15. The lowest BCUT2D eigenvalue weighted by molar-refractivity contribution is -0.113. The van der Waals surface area contributed by atoms with Crippen LogP contribution in [-0.2, 0) is 24.2 Å². The average molecular weight is 409 g/mol. The number of hydrogen-bond acceptors (Lipinski definition) is 5. The monoisotopic (exact) mass is 408 g/mol. The highest BCUT2D eigenvalue weighted by Gasteiger charge is 2.18. The molecule has 1 aliphatic carbocycles. The van der Waals surface area contributed by atoms with Gasteiger partial charge in [0.2, 0.25) is 5.91 Å². The van der Waals surface area contributed by atoms with Gasteiger partial charge >= 0.3 is 0 Å². The Kier molecular flexibility index (Phi) is 5.85. The molecule has 0 radical (unpaired) electrons. The third-order valence-corrected chi connectivity index (χ3v) is 6.15. The minimum absolute atomic E-state index is 0.0521. The van der Waals surface area contributed by atoms with Crippen molar-refractivity contribution in [3.8, 4) is 17.1 Å². The number of aromatic nitrogens is 3. The zero-order chi connectivity index (χ0) is 20.2. The van der Waals surface area contributed by atoms with E-state index in [2.05, 4.69) is 21.6 Å². The zero-order valence-electron chi connectivity index (χ0n) is 16.4. The number of thioether (sulfide) groups is 1. The average Bonchev–Trinajstić information content (AvgIpc) is 3.15. The van der Waals surface area contributed by atoms with Crippen molar-refractivity contribution in [2.45, 2.75) is 44.3 Å². The minimum atomic E-state index is -0.0521. The summed E-state index contributed by atoms with van der Waals surface area (Å²) in [6, 6.07) is 13.2. The van der Waals surface area contributed by atoms with Crippen LogP contribution in [0.4, 0.5) is 5.69 Å². The number of fused-ring (bicyclic) bond motifs is 1. The number of aromatic hydroxyl groups is 1. The van der Waals surface area contributed by atoms with Crippen LogP contribution in [0.1, 0.15) is 30.9 Å². The summed E-state index contributed by atoms with van der Waals surface area (Å²) in [6.45, 7) is 2.64. The lowest BCUT2D eigenvalue weighted by Crippen LogP contribution is -2.17. The summed E-state index contributed by atoms with van der Waals surface area (Å²) < 4.78 is 1.91. The molecule has 4 rings (SSSR count). The van der Waals surface area contributed by atoms with Crippen molar-refractivity contribution in [2.75, 3.05) is 11.1 Å². The lowest BCUT2D eigenvalue weighted by atomic mass is 9.90. The molecule has 0 bridgehead atoms. The van der Waals surface area contributed by atoms with Crippen LogP contribution in [0.5, 0.6) is 5.75 Å². The summed E-state index contributed by atoms with van der Waals surface area (Å²) in [5.74, 6) is 0.967. The Balaban J connectivity index is 1.46. The molecule has 1 aromatic heterocycles. The number of nitrogens with one attached hydrogen (secondary N) is 1. The zero-order valence-corrected chi connectivity index (χ0v) is 17.2. The Morgan fingerprint density at radius 1 is 1.14 bits per heavy atom. The van der Waals surface area contributed by atoms with Gasteiger partial charge in [-0.15, -0.1) is 10.2 Å². The van der Waals surface area contributed by atoms with E-state index in [1.165, 1.54) is 35.7 Å². The van der Waals surface area contributed by atoms with Crippen LogP contribution in [-0.4, -0.2) is 31.5 Å². The van der Waals surface area contributed by atoms with Gasteiger partial charge in [-0.2, -0.15) is 0 Å². The largest absolute Gasteiger partial charge is 0.507 e.